The standard InChI is InChI=1S/C14H20ClFN2/c15-12-8-10(6-7-13(12)16)14(9-17)18-11-4-2-1-3-5-11/h6-8,11,14,18H,1-5,9,17H2. The second kappa shape index (κ2) is 6.50. The van der Waals surface area contributed by atoms with Crippen LogP contribution in [0.1, 0.15) is 43.7 Å². The van der Waals surface area contributed by atoms with E-state index >= 15 is 0 Å². The molecule has 0 spiro atoms. The maximum absolute atomic E-state index is 13.1. The van der Waals surface area contributed by atoms with Crippen LogP contribution in [-0.4, -0.2) is 12.6 Å². The highest BCUT2D eigenvalue weighted by molar-refractivity contribution is 6.30. The van der Waals surface area contributed by atoms with Crippen LogP contribution in [0.2, 0.25) is 5.02 Å². The molecule has 1 aliphatic rings. The minimum Gasteiger partial charge on any atom is -0.329 e. The molecule has 1 aromatic rings. The van der Waals surface area contributed by atoms with Gasteiger partial charge in [0, 0.05) is 18.6 Å². The minimum atomic E-state index is -0.381. The number of hydrogen-bond donors (Lipinski definition) is 2. The molecule has 0 saturated heterocycles. The lowest BCUT2D eigenvalue weighted by Gasteiger charge is -2.28. The third-order valence-electron chi connectivity index (χ3n) is 3.62. The van der Waals surface area contributed by atoms with E-state index in [1.807, 2.05) is 0 Å². The molecule has 1 aliphatic carbocycles. The zero-order chi connectivity index (χ0) is 13.0. The van der Waals surface area contributed by atoms with E-state index in [1.54, 1.807) is 12.1 Å². The smallest absolute Gasteiger partial charge is 0.141 e. The Morgan fingerprint density at radius 1 is 1.33 bits per heavy atom. The molecule has 0 aliphatic heterocycles. The van der Waals surface area contributed by atoms with Crippen molar-refractivity contribution in [3.05, 3.63) is 34.6 Å². The van der Waals surface area contributed by atoms with Crippen LogP contribution >= 0.6 is 11.6 Å². The van der Waals surface area contributed by atoms with Crippen molar-refractivity contribution in [2.24, 2.45) is 5.73 Å². The van der Waals surface area contributed by atoms with Crippen LogP contribution in [0.15, 0.2) is 18.2 Å². The van der Waals surface area contributed by atoms with Gasteiger partial charge in [-0.05, 0) is 30.5 Å². The van der Waals surface area contributed by atoms with Gasteiger partial charge in [-0.15, -0.1) is 0 Å². The largest absolute Gasteiger partial charge is 0.329 e. The Hall–Kier alpha value is -0.640. The first-order valence-electron chi connectivity index (χ1n) is 6.62. The van der Waals surface area contributed by atoms with Crippen LogP contribution in [0, 0.1) is 5.82 Å². The number of hydrogen-bond acceptors (Lipinski definition) is 2. The summed E-state index contributed by atoms with van der Waals surface area (Å²) in [7, 11) is 0. The second-order valence-electron chi connectivity index (χ2n) is 4.96. The van der Waals surface area contributed by atoms with Crippen molar-refractivity contribution in [3.8, 4) is 0 Å². The molecule has 100 valence electrons. The zero-order valence-electron chi connectivity index (χ0n) is 10.5. The predicted molar refractivity (Wildman–Crippen MR) is 73.2 cm³/mol. The number of benzene rings is 1. The van der Waals surface area contributed by atoms with E-state index in [0.29, 0.717) is 12.6 Å². The lowest BCUT2D eigenvalue weighted by Crippen LogP contribution is -2.37. The molecule has 1 atom stereocenters. The van der Waals surface area contributed by atoms with E-state index in [4.69, 9.17) is 17.3 Å². The molecule has 1 saturated carbocycles. The summed E-state index contributed by atoms with van der Waals surface area (Å²) in [6.45, 7) is 0.498. The van der Waals surface area contributed by atoms with Gasteiger partial charge in [-0.1, -0.05) is 36.9 Å². The molecule has 0 amide bonds. The molecule has 1 unspecified atom stereocenters. The topological polar surface area (TPSA) is 38.0 Å². The van der Waals surface area contributed by atoms with Crippen LogP contribution in [0.25, 0.3) is 0 Å². The van der Waals surface area contributed by atoms with Gasteiger partial charge in [0.25, 0.3) is 0 Å². The Labute approximate surface area is 113 Å². The van der Waals surface area contributed by atoms with Gasteiger partial charge < -0.3 is 11.1 Å². The average Bonchev–Trinajstić information content (AvgIpc) is 2.40. The molecule has 1 aromatic carbocycles. The van der Waals surface area contributed by atoms with Gasteiger partial charge in [-0.2, -0.15) is 0 Å². The maximum atomic E-state index is 13.1. The van der Waals surface area contributed by atoms with Gasteiger partial charge in [-0.25, -0.2) is 4.39 Å². The first-order chi connectivity index (χ1) is 8.70. The van der Waals surface area contributed by atoms with E-state index < -0.39 is 0 Å². The van der Waals surface area contributed by atoms with Gasteiger partial charge in [-0.3, -0.25) is 0 Å². The molecule has 0 heterocycles. The summed E-state index contributed by atoms with van der Waals surface area (Å²) >= 11 is 5.81. The number of nitrogens with one attached hydrogen (secondary N) is 1. The van der Waals surface area contributed by atoms with Crippen molar-refractivity contribution in [2.75, 3.05) is 6.54 Å². The third kappa shape index (κ3) is 3.44. The number of rotatable bonds is 4. The molecule has 0 radical (unpaired) electrons. The van der Waals surface area contributed by atoms with E-state index in [-0.39, 0.29) is 16.9 Å². The molecule has 2 nitrogen and oxygen atoms in total. The van der Waals surface area contributed by atoms with Crippen LogP contribution in [0.3, 0.4) is 0 Å². The molecule has 1 fully saturated rings. The zero-order valence-corrected chi connectivity index (χ0v) is 11.2. The summed E-state index contributed by atoms with van der Waals surface area (Å²) < 4.78 is 13.1. The first kappa shape index (κ1) is 13.8. The Kier molecular flexibility index (Phi) is 4.98. The normalized spacial score (nSPS) is 18.8. The van der Waals surface area contributed by atoms with E-state index in [9.17, 15) is 4.39 Å². The van der Waals surface area contributed by atoms with Gasteiger partial charge >= 0.3 is 0 Å². The number of halogens is 2. The Morgan fingerprint density at radius 3 is 2.67 bits per heavy atom. The van der Waals surface area contributed by atoms with Crippen molar-refractivity contribution in [1.29, 1.82) is 0 Å². The van der Waals surface area contributed by atoms with Gasteiger partial charge in [0.1, 0.15) is 5.82 Å². The van der Waals surface area contributed by atoms with Crippen LogP contribution in [-0.2, 0) is 0 Å². The molecule has 0 bridgehead atoms. The fraction of sp³-hybridized carbons (Fsp3) is 0.571. The van der Waals surface area contributed by atoms with Crippen molar-refractivity contribution >= 4 is 11.6 Å². The van der Waals surface area contributed by atoms with Crippen molar-refractivity contribution < 1.29 is 4.39 Å². The second-order valence-corrected chi connectivity index (χ2v) is 5.37. The summed E-state index contributed by atoms with van der Waals surface area (Å²) in [5.41, 5.74) is 6.78. The highest BCUT2D eigenvalue weighted by atomic mass is 35.5. The van der Waals surface area contributed by atoms with Gasteiger partial charge in [0.2, 0.25) is 0 Å². The first-order valence-corrected chi connectivity index (χ1v) is 6.99. The summed E-state index contributed by atoms with van der Waals surface area (Å²) in [6, 6.07) is 5.42. The molecule has 18 heavy (non-hydrogen) atoms. The monoisotopic (exact) mass is 270 g/mol. The maximum Gasteiger partial charge on any atom is 0.141 e. The Morgan fingerprint density at radius 2 is 2.06 bits per heavy atom. The van der Waals surface area contributed by atoms with Crippen LogP contribution < -0.4 is 11.1 Å². The van der Waals surface area contributed by atoms with Crippen molar-refractivity contribution in [1.82, 2.24) is 5.32 Å². The SMILES string of the molecule is NCC(NC1CCCCC1)c1ccc(F)c(Cl)c1. The highest BCUT2D eigenvalue weighted by Gasteiger charge is 2.18. The van der Waals surface area contributed by atoms with E-state index in [2.05, 4.69) is 5.32 Å². The average molecular weight is 271 g/mol. The van der Waals surface area contributed by atoms with Crippen molar-refractivity contribution in [3.63, 3.8) is 0 Å². The molecule has 4 heteroatoms. The summed E-state index contributed by atoms with van der Waals surface area (Å²) in [5, 5.41) is 3.73. The summed E-state index contributed by atoms with van der Waals surface area (Å²) in [5.74, 6) is -0.381. The molecular weight excluding hydrogens is 251 g/mol. The lowest BCUT2D eigenvalue weighted by molar-refractivity contribution is 0.340. The number of nitrogens with two attached hydrogens (primary N) is 1. The van der Waals surface area contributed by atoms with Crippen LogP contribution in [0.5, 0.6) is 0 Å². The van der Waals surface area contributed by atoms with E-state index in [0.717, 1.165) is 5.56 Å². The predicted octanol–water partition coefficient (Wildman–Crippen LogP) is 3.40. The Bertz CT molecular complexity index is 391. The highest BCUT2D eigenvalue weighted by Crippen LogP contribution is 2.24. The summed E-state index contributed by atoms with van der Waals surface area (Å²) in [6.07, 6.45) is 6.28. The van der Waals surface area contributed by atoms with Crippen LogP contribution in [0.4, 0.5) is 4.39 Å². The summed E-state index contributed by atoms with van der Waals surface area (Å²) in [4.78, 5) is 0. The third-order valence-corrected chi connectivity index (χ3v) is 3.91. The van der Waals surface area contributed by atoms with Gasteiger partial charge in [0.15, 0.2) is 0 Å². The molecular formula is C14H20ClFN2. The van der Waals surface area contributed by atoms with Gasteiger partial charge in [0.05, 0.1) is 5.02 Å². The van der Waals surface area contributed by atoms with E-state index in [1.165, 1.54) is 38.2 Å². The quantitative estimate of drug-likeness (QED) is 0.880. The molecule has 3 N–H and O–H groups in total. The Balaban J connectivity index is 2.04. The fourth-order valence-corrected chi connectivity index (χ4v) is 2.77. The van der Waals surface area contributed by atoms with Crippen molar-refractivity contribution in [2.45, 2.75) is 44.2 Å². The minimum absolute atomic E-state index is 0.0613. The molecule has 2 rings (SSSR count). The molecule has 0 aromatic heterocycles. The lowest BCUT2D eigenvalue weighted by atomic mass is 9.94. The fourth-order valence-electron chi connectivity index (χ4n) is 2.58.